The molecular formula is C18H27N5O2. The van der Waals surface area contributed by atoms with Crippen molar-refractivity contribution < 1.29 is 9.59 Å². The van der Waals surface area contributed by atoms with Crippen molar-refractivity contribution >= 4 is 17.8 Å². The maximum atomic E-state index is 12.1. The Balaban J connectivity index is 1.35. The van der Waals surface area contributed by atoms with Crippen LogP contribution in [0.15, 0.2) is 18.5 Å². The highest BCUT2D eigenvalue weighted by atomic mass is 16.2. The molecule has 0 N–H and O–H groups in total. The van der Waals surface area contributed by atoms with Crippen LogP contribution in [0, 0.1) is 5.92 Å². The van der Waals surface area contributed by atoms with E-state index in [1.54, 1.807) is 12.4 Å². The van der Waals surface area contributed by atoms with Gasteiger partial charge in [-0.1, -0.05) is 6.92 Å². The zero-order valence-corrected chi connectivity index (χ0v) is 14.9. The first-order valence-corrected chi connectivity index (χ1v) is 9.23. The van der Waals surface area contributed by atoms with Gasteiger partial charge in [0, 0.05) is 57.5 Å². The molecule has 2 aliphatic heterocycles. The van der Waals surface area contributed by atoms with Crippen LogP contribution in [0.4, 0.5) is 5.95 Å². The fourth-order valence-corrected chi connectivity index (χ4v) is 3.45. The molecule has 1 unspecified atom stereocenters. The molecule has 2 fully saturated rings. The summed E-state index contributed by atoms with van der Waals surface area (Å²) in [5.74, 6) is 0.802. The molecule has 2 saturated heterocycles. The molecule has 3 rings (SSSR count). The largest absolute Gasteiger partial charge is 0.338 e. The Hall–Kier alpha value is -2.02. The maximum Gasteiger partial charge on any atom is 0.232 e. The van der Waals surface area contributed by atoms with Gasteiger partial charge in [0.25, 0.3) is 0 Å². The minimum absolute atomic E-state index is 0.000393. The number of carbonyl (C=O) groups is 2. The number of rotatable bonds is 6. The number of carbonyl (C=O) groups excluding carboxylic acids is 2. The van der Waals surface area contributed by atoms with Crippen LogP contribution in [-0.2, 0) is 9.59 Å². The second-order valence-corrected chi connectivity index (χ2v) is 6.91. The number of anilines is 1. The van der Waals surface area contributed by atoms with E-state index in [1.807, 2.05) is 13.0 Å². The van der Waals surface area contributed by atoms with Crippen LogP contribution >= 0.6 is 0 Å². The summed E-state index contributed by atoms with van der Waals surface area (Å²) in [5, 5.41) is 0. The van der Waals surface area contributed by atoms with Gasteiger partial charge in [-0.3, -0.25) is 19.4 Å². The number of piperazine rings is 1. The van der Waals surface area contributed by atoms with Crippen LogP contribution in [0.25, 0.3) is 0 Å². The second-order valence-electron chi connectivity index (χ2n) is 6.91. The molecule has 25 heavy (non-hydrogen) atoms. The highest BCUT2D eigenvalue weighted by Crippen LogP contribution is 2.19. The number of unbranched alkanes of at least 4 members (excludes halogenated alkanes) is 1. The topological polar surface area (TPSA) is 69.6 Å². The van der Waals surface area contributed by atoms with Crippen molar-refractivity contribution in [1.82, 2.24) is 19.8 Å². The molecule has 0 radical (unpaired) electrons. The van der Waals surface area contributed by atoms with E-state index in [-0.39, 0.29) is 17.7 Å². The molecule has 7 heteroatoms. The monoisotopic (exact) mass is 345 g/mol. The Morgan fingerprint density at radius 3 is 2.44 bits per heavy atom. The predicted molar refractivity (Wildman–Crippen MR) is 95.0 cm³/mol. The van der Waals surface area contributed by atoms with Gasteiger partial charge in [-0.05, 0) is 31.9 Å². The SMILES string of the molecule is CC1CCC(=O)N(CCCCN2CCN(c3ncccn3)CC2)C1=O. The third-order valence-electron chi connectivity index (χ3n) is 5.09. The summed E-state index contributed by atoms with van der Waals surface area (Å²) in [6.45, 7) is 7.36. The van der Waals surface area contributed by atoms with Crippen LogP contribution in [0.1, 0.15) is 32.6 Å². The van der Waals surface area contributed by atoms with E-state index < -0.39 is 0 Å². The molecule has 136 valence electrons. The van der Waals surface area contributed by atoms with Gasteiger partial charge >= 0.3 is 0 Å². The van der Waals surface area contributed by atoms with E-state index in [0.29, 0.717) is 19.4 Å². The number of aromatic nitrogens is 2. The summed E-state index contributed by atoms with van der Waals surface area (Å²) < 4.78 is 0. The van der Waals surface area contributed by atoms with E-state index in [0.717, 1.165) is 51.5 Å². The minimum Gasteiger partial charge on any atom is -0.338 e. The standard InChI is InChI=1S/C18H27N5O2/c1-15-5-6-16(24)23(17(15)25)10-3-2-9-21-11-13-22(14-12-21)18-19-7-4-8-20-18/h4,7-8,15H,2-3,5-6,9-14H2,1H3. The number of nitrogens with zero attached hydrogens (tertiary/aromatic N) is 5. The molecule has 0 bridgehead atoms. The quantitative estimate of drug-likeness (QED) is 0.569. The van der Waals surface area contributed by atoms with Crippen molar-refractivity contribution in [2.75, 3.05) is 44.2 Å². The number of amides is 2. The molecule has 0 aliphatic carbocycles. The van der Waals surface area contributed by atoms with Crippen molar-refractivity contribution in [3.63, 3.8) is 0 Å². The average Bonchev–Trinajstić information content (AvgIpc) is 2.65. The van der Waals surface area contributed by atoms with Gasteiger partial charge in [0.2, 0.25) is 17.8 Å². The van der Waals surface area contributed by atoms with Crippen molar-refractivity contribution in [3.05, 3.63) is 18.5 Å². The summed E-state index contributed by atoms with van der Waals surface area (Å²) in [5.41, 5.74) is 0. The Morgan fingerprint density at radius 1 is 1.04 bits per heavy atom. The van der Waals surface area contributed by atoms with Gasteiger partial charge < -0.3 is 4.90 Å². The van der Waals surface area contributed by atoms with Gasteiger partial charge in [0.15, 0.2) is 0 Å². The summed E-state index contributed by atoms with van der Waals surface area (Å²) in [6.07, 6.45) is 6.65. The van der Waals surface area contributed by atoms with Crippen LogP contribution in [-0.4, -0.2) is 70.9 Å². The number of hydrogen-bond donors (Lipinski definition) is 0. The first kappa shape index (κ1) is 17.8. The Labute approximate surface area is 149 Å². The molecule has 2 amide bonds. The average molecular weight is 345 g/mol. The van der Waals surface area contributed by atoms with E-state index in [2.05, 4.69) is 19.8 Å². The lowest BCUT2D eigenvalue weighted by molar-refractivity contribution is -0.151. The van der Waals surface area contributed by atoms with Crippen molar-refractivity contribution in [3.8, 4) is 0 Å². The van der Waals surface area contributed by atoms with Crippen molar-refractivity contribution in [1.29, 1.82) is 0 Å². The molecule has 1 aromatic heterocycles. The number of imide groups is 1. The third kappa shape index (κ3) is 4.54. The Bertz CT molecular complexity index is 586. The number of likely N-dealkylation sites (tertiary alicyclic amines) is 1. The minimum atomic E-state index is -0.00835. The first-order chi connectivity index (χ1) is 12.1. The van der Waals surface area contributed by atoms with E-state index in [1.165, 1.54) is 4.90 Å². The highest BCUT2D eigenvalue weighted by molar-refractivity contribution is 5.98. The fraction of sp³-hybridized carbons (Fsp3) is 0.667. The molecular weight excluding hydrogens is 318 g/mol. The lowest BCUT2D eigenvalue weighted by atomic mass is 9.98. The smallest absolute Gasteiger partial charge is 0.232 e. The van der Waals surface area contributed by atoms with E-state index in [9.17, 15) is 9.59 Å². The molecule has 3 heterocycles. The highest BCUT2D eigenvalue weighted by Gasteiger charge is 2.30. The molecule has 0 aromatic carbocycles. The van der Waals surface area contributed by atoms with Crippen LogP contribution < -0.4 is 4.90 Å². The molecule has 0 spiro atoms. The zero-order chi connectivity index (χ0) is 17.6. The van der Waals surface area contributed by atoms with E-state index >= 15 is 0 Å². The zero-order valence-electron chi connectivity index (χ0n) is 14.9. The molecule has 1 atom stereocenters. The molecule has 2 aliphatic rings. The fourth-order valence-electron chi connectivity index (χ4n) is 3.45. The van der Waals surface area contributed by atoms with Crippen LogP contribution in [0.3, 0.4) is 0 Å². The molecule has 1 aromatic rings. The van der Waals surface area contributed by atoms with Gasteiger partial charge in [-0.25, -0.2) is 9.97 Å². The van der Waals surface area contributed by atoms with Crippen LogP contribution in [0.2, 0.25) is 0 Å². The van der Waals surface area contributed by atoms with Crippen molar-refractivity contribution in [2.45, 2.75) is 32.6 Å². The third-order valence-corrected chi connectivity index (χ3v) is 5.09. The van der Waals surface area contributed by atoms with Gasteiger partial charge in [-0.15, -0.1) is 0 Å². The normalized spacial score (nSPS) is 22.5. The predicted octanol–water partition coefficient (Wildman–Crippen LogP) is 1.16. The first-order valence-electron chi connectivity index (χ1n) is 9.23. The Kier molecular flexibility index (Phi) is 5.96. The number of piperidine rings is 1. The number of hydrogen-bond acceptors (Lipinski definition) is 6. The van der Waals surface area contributed by atoms with Gasteiger partial charge in [-0.2, -0.15) is 0 Å². The maximum absolute atomic E-state index is 12.1. The van der Waals surface area contributed by atoms with Gasteiger partial charge in [0.05, 0.1) is 0 Å². The van der Waals surface area contributed by atoms with Crippen molar-refractivity contribution in [2.24, 2.45) is 5.92 Å². The molecule has 7 nitrogen and oxygen atoms in total. The second kappa shape index (κ2) is 8.38. The van der Waals surface area contributed by atoms with E-state index in [4.69, 9.17) is 0 Å². The summed E-state index contributed by atoms with van der Waals surface area (Å²) in [7, 11) is 0. The summed E-state index contributed by atoms with van der Waals surface area (Å²) >= 11 is 0. The summed E-state index contributed by atoms with van der Waals surface area (Å²) in [4.78, 5) is 38.7. The van der Waals surface area contributed by atoms with Crippen LogP contribution in [0.5, 0.6) is 0 Å². The lowest BCUT2D eigenvalue weighted by Crippen LogP contribution is -2.47. The Morgan fingerprint density at radius 2 is 1.72 bits per heavy atom. The summed E-state index contributed by atoms with van der Waals surface area (Å²) in [6, 6.07) is 1.83. The molecule has 0 saturated carbocycles. The lowest BCUT2D eigenvalue weighted by Gasteiger charge is -2.34. The van der Waals surface area contributed by atoms with Gasteiger partial charge in [0.1, 0.15) is 0 Å².